The van der Waals surface area contributed by atoms with Gasteiger partial charge in [-0.3, -0.25) is 4.79 Å². The summed E-state index contributed by atoms with van der Waals surface area (Å²) in [6, 6.07) is 0. The molecule has 1 N–H and O–H groups in total. The number of carboxylic acid groups (broad SMARTS) is 1. The monoisotopic (exact) mass is 269 g/mol. The minimum absolute atomic E-state index is 0.00364. The Morgan fingerprint density at radius 1 is 1.56 bits per heavy atom. The lowest BCUT2D eigenvalue weighted by molar-refractivity contribution is -0.136. The third kappa shape index (κ3) is 3.78. The summed E-state index contributed by atoms with van der Waals surface area (Å²) in [5.74, 6) is -0.217. The van der Waals surface area contributed by atoms with Crippen LogP contribution in [0.3, 0.4) is 0 Å². The minimum Gasteiger partial charge on any atom is -0.481 e. The molecule has 1 aromatic heterocycles. The highest BCUT2D eigenvalue weighted by Gasteiger charge is 2.22. The van der Waals surface area contributed by atoms with Gasteiger partial charge >= 0.3 is 5.97 Å². The van der Waals surface area contributed by atoms with Crippen molar-refractivity contribution in [1.82, 2.24) is 4.98 Å². The maximum atomic E-state index is 10.6. The molecule has 2 atom stereocenters. The van der Waals surface area contributed by atoms with Crippen LogP contribution in [0.1, 0.15) is 43.3 Å². The lowest BCUT2D eigenvalue weighted by atomic mass is 9.88. The fourth-order valence-corrected chi connectivity index (χ4v) is 3.07. The van der Waals surface area contributed by atoms with Crippen molar-refractivity contribution in [1.29, 1.82) is 0 Å². The first-order valence-electron chi connectivity index (χ1n) is 6.42. The van der Waals surface area contributed by atoms with Crippen LogP contribution in [0.5, 0.6) is 0 Å². The predicted molar refractivity (Wildman–Crippen MR) is 69.7 cm³/mol. The maximum absolute atomic E-state index is 10.6. The highest BCUT2D eigenvalue weighted by molar-refractivity contribution is 7.09. The highest BCUT2D eigenvalue weighted by atomic mass is 32.1. The maximum Gasteiger partial charge on any atom is 0.309 e. The van der Waals surface area contributed by atoms with Gasteiger partial charge in [0.05, 0.1) is 24.8 Å². The van der Waals surface area contributed by atoms with E-state index >= 15 is 0 Å². The van der Waals surface area contributed by atoms with E-state index in [0.29, 0.717) is 24.3 Å². The van der Waals surface area contributed by atoms with Crippen molar-refractivity contribution in [3.8, 4) is 0 Å². The van der Waals surface area contributed by atoms with Crippen molar-refractivity contribution >= 4 is 17.3 Å². The summed E-state index contributed by atoms with van der Waals surface area (Å²) < 4.78 is 5.90. The van der Waals surface area contributed by atoms with E-state index in [0.717, 1.165) is 11.4 Å². The molecule has 4 nitrogen and oxygen atoms in total. The molecule has 1 aliphatic carbocycles. The Kier molecular flexibility index (Phi) is 4.72. The van der Waals surface area contributed by atoms with Crippen LogP contribution < -0.4 is 0 Å². The normalized spacial score (nSPS) is 24.1. The molecule has 0 aliphatic heterocycles. The summed E-state index contributed by atoms with van der Waals surface area (Å²) in [5.41, 5.74) is 0.628. The Labute approximate surface area is 111 Å². The number of thiazole rings is 1. The average Bonchev–Trinajstić information content (AvgIpc) is 2.75. The lowest BCUT2D eigenvalue weighted by Gasteiger charge is -2.28. The number of nitrogens with zero attached hydrogens (tertiary/aromatic N) is 1. The summed E-state index contributed by atoms with van der Waals surface area (Å²) in [6.07, 6.45) is 5.26. The Morgan fingerprint density at radius 2 is 2.33 bits per heavy atom. The number of carbonyl (C=O) groups is 1. The first-order valence-corrected chi connectivity index (χ1v) is 7.30. The minimum atomic E-state index is -0.839. The molecule has 0 saturated heterocycles. The standard InChI is InChI=1S/C13H19NO3S/c1-9-4-2-3-5-11(9)17-7-12-14-10(8-18-12)6-13(15)16/h8-9,11H,2-7H2,1H3,(H,15,16). The Morgan fingerprint density at radius 3 is 3.06 bits per heavy atom. The van der Waals surface area contributed by atoms with Gasteiger partial charge in [0.25, 0.3) is 0 Å². The second-order valence-corrected chi connectivity index (χ2v) is 5.86. The van der Waals surface area contributed by atoms with Crippen LogP contribution in [0.15, 0.2) is 5.38 Å². The largest absolute Gasteiger partial charge is 0.481 e. The quantitative estimate of drug-likeness (QED) is 0.893. The van der Waals surface area contributed by atoms with E-state index in [1.807, 2.05) is 0 Å². The molecule has 5 heteroatoms. The van der Waals surface area contributed by atoms with Crippen molar-refractivity contribution in [3.63, 3.8) is 0 Å². The van der Waals surface area contributed by atoms with Crippen molar-refractivity contribution in [2.24, 2.45) is 5.92 Å². The molecular weight excluding hydrogens is 250 g/mol. The Bertz CT molecular complexity index is 405. The SMILES string of the molecule is CC1CCCCC1OCc1nc(CC(=O)O)cs1. The van der Waals surface area contributed by atoms with E-state index < -0.39 is 5.97 Å². The van der Waals surface area contributed by atoms with Crippen molar-refractivity contribution < 1.29 is 14.6 Å². The number of hydrogen-bond acceptors (Lipinski definition) is 4. The summed E-state index contributed by atoms with van der Waals surface area (Å²) in [4.78, 5) is 14.8. The van der Waals surface area contributed by atoms with Crippen molar-refractivity contribution in [2.75, 3.05) is 0 Å². The zero-order valence-electron chi connectivity index (χ0n) is 10.6. The molecule has 0 spiro atoms. The summed E-state index contributed by atoms with van der Waals surface area (Å²) in [7, 11) is 0. The van der Waals surface area contributed by atoms with Gasteiger partial charge in [-0.05, 0) is 18.8 Å². The zero-order valence-corrected chi connectivity index (χ0v) is 11.4. The molecule has 1 fully saturated rings. The van der Waals surface area contributed by atoms with E-state index in [4.69, 9.17) is 9.84 Å². The van der Waals surface area contributed by atoms with Gasteiger partial charge in [0.2, 0.25) is 0 Å². The number of hydrogen-bond donors (Lipinski definition) is 1. The Hall–Kier alpha value is -0.940. The number of aliphatic carboxylic acids is 1. The summed E-state index contributed by atoms with van der Waals surface area (Å²) >= 11 is 1.48. The van der Waals surface area contributed by atoms with Crippen LogP contribution in [0, 0.1) is 5.92 Å². The average molecular weight is 269 g/mol. The molecule has 0 amide bonds. The third-order valence-electron chi connectivity index (χ3n) is 3.39. The molecule has 0 aromatic carbocycles. The van der Waals surface area contributed by atoms with Crippen LogP contribution in [0.4, 0.5) is 0 Å². The number of carboxylic acids is 1. The Balaban J connectivity index is 1.82. The van der Waals surface area contributed by atoms with Gasteiger partial charge in [0, 0.05) is 5.38 Å². The second kappa shape index (κ2) is 6.29. The van der Waals surface area contributed by atoms with Crippen LogP contribution in [0.25, 0.3) is 0 Å². The fourth-order valence-electron chi connectivity index (χ4n) is 2.36. The molecule has 100 valence electrons. The summed E-state index contributed by atoms with van der Waals surface area (Å²) in [5, 5.41) is 11.4. The molecular formula is C13H19NO3S. The molecule has 1 heterocycles. The molecule has 18 heavy (non-hydrogen) atoms. The molecule has 0 radical (unpaired) electrons. The van der Waals surface area contributed by atoms with Gasteiger partial charge in [-0.1, -0.05) is 19.8 Å². The smallest absolute Gasteiger partial charge is 0.309 e. The molecule has 1 saturated carbocycles. The molecule has 0 bridgehead atoms. The van der Waals surface area contributed by atoms with Crippen LogP contribution >= 0.6 is 11.3 Å². The van der Waals surface area contributed by atoms with Gasteiger partial charge in [-0.2, -0.15) is 0 Å². The lowest BCUT2D eigenvalue weighted by Crippen LogP contribution is -2.25. The van der Waals surface area contributed by atoms with Crippen molar-refractivity contribution in [2.45, 2.75) is 51.7 Å². The molecule has 1 aliphatic rings. The van der Waals surface area contributed by atoms with E-state index in [1.54, 1.807) is 5.38 Å². The van der Waals surface area contributed by atoms with Crippen molar-refractivity contribution in [3.05, 3.63) is 16.1 Å². The van der Waals surface area contributed by atoms with Crippen LogP contribution in [0.2, 0.25) is 0 Å². The number of ether oxygens (including phenoxy) is 1. The first kappa shape index (κ1) is 13.5. The number of rotatable bonds is 5. The number of aromatic nitrogens is 1. The molecule has 1 aromatic rings. The topological polar surface area (TPSA) is 59.4 Å². The van der Waals surface area contributed by atoms with Gasteiger partial charge in [0.15, 0.2) is 0 Å². The highest BCUT2D eigenvalue weighted by Crippen LogP contribution is 2.27. The third-order valence-corrected chi connectivity index (χ3v) is 4.26. The van der Waals surface area contributed by atoms with Gasteiger partial charge < -0.3 is 9.84 Å². The van der Waals surface area contributed by atoms with E-state index in [1.165, 1.54) is 30.6 Å². The molecule has 2 unspecified atom stereocenters. The molecule has 2 rings (SSSR count). The zero-order chi connectivity index (χ0) is 13.0. The fraction of sp³-hybridized carbons (Fsp3) is 0.692. The van der Waals surface area contributed by atoms with E-state index in [9.17, 15) is 4.79 Å². The second-order valence-electron chi connectivity index (χ2n) is 4.91. The predicted octanol–water partition coefficient (Wildman–Crippen LogP) is 2.87. The van der Waals surface area contributed by atoms with Crippen LogP contribution in [-0.2, 0) is 22.6 Å². The van der Waals surface area contributed by atoms with Gasteiger partial charge in [-0.25, -0.2) is 4.98 Å². The first-order chi connectivity index (χ1) is 8.65. The van der Waals surface area contributed by atoms with Gasteiger partial charge in [-0.15, -0.1) is 11.3 Å². The summed E-state index contributed by atoms with van der Waals surface area (Å²) in [6.45, 7) is 2.75. The van der Waals surface area contributed by atoms with E-state index in [-0.39, 0.29) is 6.42 Å². The van der Waals surface area contributed by atoms with E-state index in [2.05, 4.69) is 11.9 Å². The van der Waals surface area contributed by atoms with Crippen LogP contribution in [-0.4, -0.2) is 22.2 Å². The van der Waals surface area contributed by atoms with Gasteiger partial charge in [0.1, 0.15) is 5.01 Å².